The molecule has 3 rings (SSSR count). The van der Waals surface area contributed by atoms with Gasteiger partial charge in [-0.3, -0.25) is 4.79 Å². The second kappa shape index (κ2) is 8.29. The van der Waals surface area contributed by atoms with Gasteiger partial charge in [-0.05, 0) is 44.0 Å². The highest BCUT2D eigenvalue weighted by Crippen LogP contribution is 2.39. The first-order valence-electron chi connectivity index (χ1n) is 8.98. The molecular formula is C21H24FNO4. The zero-order valence-corrected chi connectivity index (χ0v) is 15.8. The third kappa shape index (κ3) is 3.99. The number of carbonyl (C=O) groups is 1. The molecule has 2 aromatic rings. The minimum atomic E-state index is -0.785. The van der Waals surface area contributed by atoms with E-state index in [1.54, 1.807) is 38.2 Å². The van der Waals surface area contributed by atoms with E-state index < -0.39 is 11.9 Å². The van der Waals surface area contributed by atoms with Gasteiger partial charge in [-0.1, -0.05) is 12.1 Å². The Morgan fingerprint density at radius 1 is 1.15 bits per heavy atom. The highest BCUT2D eigenvalue weighted by atomic mass is 19.1. The van der Waals surface area contributed by atoms with Crippen LogP contribution in [0.1, 0.15) is 31.4 Å². The molecule has 1 aliphatic rings. The summed E-state index contributed by atoms with van der Waals surface area (Å²) in [4.78, 5) is 14.8. The van der Waals surface area contributed by atoms with Crippen LogP contribution in [0.2, 0.25) is 0 Å². The lowest BCUT2D eigenvalue weighted by Crippen LogP contribution is -2.40. The van der Waals surface area contributed by atoms with Gasteiger partial charge in [0.25, 0.3) is 5.91 Å². The lowest BCUT2D eigenvalue weighted by molar-refractivity contribution is -0.139. The highest BCUT2D eigenvalue weighted by Gasteiger charge is 2.35. The molecule has 1 saturated heterocycles. The second-order valence-corrected chi connectivity index (χ2v) is 6.49. The van der Waals surface area contributed by atoms with Crippen LogP contribution in [0.15, 0.2) is 42.5 Å². The van der Waals surface area contributed by atoms with Crippen molar-refractivity contribution in [2.75, 3.05) is 20.8 Å². The molecule has 1 amide bonds. The molecule has 0 bridgehead atoms. The fraction of sp³-hybridized carbons (Fsp3) is 0.381. The van der Waals surface area contributed by atoms with Crippen molar-refractivity contribution in [2.24, 2.45) is 0 Å². The molecule has 144 valence electrons. The van der Waals surface area contributed by atoms with Gasteiger partial charge in [0.05, 0.1) is 20.3 Å². The van der Waals surface area contributed by atoms with Gasteiger partial charge in [-0.25, -0.2) is 4.39 Å². The number of rotatable bonds is 6. The number of hydrogen-bond donors (Lipinski definition) is 0. The van der Waals surface area contributed by atoms with E-state index in [4.69, 9.17) is 14.2 Å². The number of likely N-dealkylation sites (tertiary alicyclic amines) is 1. The summed E-state index contributed by atoms with van der Waals surface area (Å²) in [6, 6.07) is 11.6. The van der Waals surface area contributed by atoms with E-state index in [1.807, 2.05) is 18.2 Å². The van der Waals surface area contributed by atoms with Crippen molar-refractivity contribution in [1.29, 1.82) is 0 Å². The highest BCUT2D eigenvalue weighted by molar-refractivity contribution is 5.81. The molecule has 27 heavy (non-hydrogen) atoms. The van der Waals surface area contributed by atoms with E-state index >= 15 is 0 Å². The molecule has 0 radical (unpaired) electrons. The minimum Gasteiger partial charge on any atom is -0.497 e. The summed E-state index contributed by atoms with van der Waals surface area (Å²) in [7, 11) is 3.20. The molecule has 0 aromatic heterocycles. The lowest BCUT2D eigenvalue weighted by Gasteiger charge is -2.29. The van der Waals surface area contributed by atoms with Crippen LogP contribution in [0.25, 0.3) is 0 Å². The standard InChI is InChI=1S/C21H24FNO4/c1-14(27-19-9-5-4-7-17(19)22)21(24)23-12-6-8-18(23)16-11-10-15(25-2)13-20(16)26-3/h4-5,7,9-11,13-14,18H,6,8,12H2,1-3H3. The maximum atomic E-state index is 13.8. The van der Waals surface area contributed by atoms with Crippen molar-refractivity contribution in [3.8, 4) is 17.2 Å². The van der Waals surface area contributed by atoms with Crippen LogP contribution in [-0.4, -0.2) is 37.7 Å². The molecule has 1 heterocycles. The lowest BCUT2D eigenvalue weighted by atomic mass is 10.0. The SMILES string of the molecule is COc1ccc(C2CCCN2C(=O)C(C)Oc2ccccc2F)c(OC)c1. The van der Waals surface area contributed by atoms with E-state index in [0.717, 1.165) is 18.4 Å². The summed E-state index contributed by atoms with van der Waals surface area (Å²) < 4.78 is 30.2. The molecule has 0 spiro atoms. The molecule has 0 N–H and O–H groups in total. The normalized spacial score (nSPS) is 17.5. The summed E-state index contributed by atoms with van der Waals surface area (Å²) in [5.41, 5.74) is 0.933. The van der Waals surface area contributed by atoms with Crippen LogP contribution in [0.3, 0.4) is 0 Å². The summed E-state index contributed by atoms with van der Waals surface area (Å²) in [5.74, 6) is 0.811. The van der Waals surface area contributed by atoms with Gasteiger partial charge in [-0.2, -0.15) is 0 Å². The Balaban J connectivity index is 1.79. The largest absolute Gasteiger partial charge is 0.497 e. The van der Waals surface area contributed by atoms with Crippen molar-refractivity contribution in [3.63, 3.8) is 0 Å². The number of halogens is 1. The van der Waals surface area contributed by atoms with Crippen molar-refractivity contribution in [1.82, 2.24) is 4.90 Å². The Kier molecular flexibility index (Phi) is 5.84. The Bertz CT molecular complexity index is 811. The van der Waals surface area contributed by atoms with E-state index in [-0.39, 0.29) is 17.7 Å². The summed E-state index contributed by atoms with van der Waals surface area (Å²) in [6.07, 6.45) is 0.936. The molecule has 1 fully saturated rings. The molecule has 5 nitrogen and oxygen atoms in total. The van der Waals surface area contributed by atoms with Gasteiger partial charge in [0, 0.05) is 18.2 Å². The molecule has 1 aliphatic heterocycles. The number of amides is 1. The predicted molar refractivity (Wildman–Crippen MR) is 99.7 cm³/mol. The Morgan fingerprint density at radius 2 is 1.93 bits per heavy atom. The number of ether oxygens (including phenoxy) is 3. The van der Waals surface area contributed by atoms with Gasteiger partial charge < -0.3 is 19.1 Å². The van der Waals surface area contributed by atoms with Crippen LogP contribution in [0.4, 0.5) is 4.39 Å². The topological polar surface area (TPSA) is 48.0 Å². The molecule has 6 heteroatoms. The third-order valence-corrected chi connectivity index (χ3v) is 4.82. The zero-order chi connectivity index (χ0) is 19.4. The van der Waals surface area contributed by atoms with Crippen LogP contribution in [0, 0.1) is 5.82 Å². The molecule has 0 saturated carbocycles. The predicted octanol–water partition coefficient (Wildman–Crippen LogP) is 3.97. The Hall–Kier alpha value is -2.76. The van der Waals surface area contributed by atoms with Crippen LogP contribution in [-0.2, 0) is 4.79 Å². The average molecular weight is 373 g/mol. The summed E-state index contributed by atoms with van der Waals surface area (Å²) >= 11 is 0. The van der Waals surface area contributed by atoms with Gasteiger partial charge in [0.2, 0.25) is 0 Å². The van der Waals surface area contributed by atoms with E-state index in [0.29, 0.717) is 18.0 Å². The first kappa shape index (κ1) is 19.0. The van der Waals surface area contributed by atoms with Gasteiger partial charge in [0.15, 0.2) is 17.7 Å². The van der Waals surface area contributed by atoms with Crippen molar-refractivity contribution < 1.29 is 23.4 Å². The summed E-state index contributed by atoms with van der Waals surface area (Å²) in [5, 5.41) is 0. The van der Waals surface area contributed by atoms with Crippen LogP contribution >= 0.6 is 0 Å². The van der Waals surface area contributed by atoms with Crippen LogP contribution < -0.4 is 14.2 Å². The van der Waals surface area contributed by atoms with Gasteiger partial charge in [0.1, 0.15) is 11.5 Å². The second-order valence-electron chi connectivity index (χ2n) is 6.49. The van der Waals surface area contributed by atoms with Crippen molar-refractivity contribution in [2.45, 2.75) is 31.9 Å². The maximum absolute atomic E-state index is 13.8. The van der Waals surface area contributed by atoms with Crippen molar-refractivity contribution in [3.05, 3.63) is 53.8 Å². The Morgan fingerprint density at radius 3 is 2.63 bits per heavy atom. The number of carbonyl (C=O) groups excluding carboxylic acids is 1. The fourth-order valence-corrected chi connectivity index (χ4v) is 3.46. The monoisotopic (exact) mass is 373 g/mol. The molecule has 0 aliphatic carbocycles. The average Bonchev–Trinajstić information content (AvgIpc) is 3.18. The first-order chi connectivity index (χ1) is 13.0. The van der Waals surface area contributed by atoms with Gasteiger partial charge >= 0.3 is 0 Å². The molecular weight excluding hydrogens is 349 g/mol. The summed E-state index contributed by atoms with van der Waals surface area (Å²) in [6.45, 7) is 2.28. The third-order valence-electron chi connectivity index (χ3n) is 4.82. The smallest absolute Gasteiger partial charge is 0.263 e. The van der Waals surface area contributed by atoms with Gasteiger partial charge in [-0.15, -0.1) is 0 Å². The minimum absolute atomic E-state index is 0.0797. The number of nitrogens with zero attached hydrogens (tertiary/aromatic N) is 1. The maximum Gasteiger partial charge on any atom is 0.263 e. The number of hydrogen-bond acceptors (Lipinski definition) is 4. The number of methoxy groups -OCH3 is 2. The molecule has 2 unspecified atom stereocenters. The number of benzene rings is 2. The van der Waals surface area contributed by atoms with E-state index in [1.165, 1.54) is 12.1 Å². The van der Waals surface area contributed by atoms with E-state index in [9.17, 15) is 9.18 Å². The quantitative estimate of drug-likeness (QED) is 0.769. The van der Waals surface area contributed by atoms with E-state index in [2.05, 4.69) is 0 Å². The Labute approximate surface area is 158 Å². The zero-order valence-electron chi connectivity index (χ0n) is 15.8. The van der Waals surface area contributed by atoms with Crippen molar-refractivity contribution >= 4 is 5.91 Å². The number of para-hydroxylation sites is 1. The molecule has 2 aromatic carbocycles. The molecule has 2 atom stereocenters. The fourth-order valence-electron chi connectivity index (χ4n) is 3.46. The first-order valence-corrected chi connectivity index (χ1v) is 8.98. The van der Waals surface area contributed by atoms with Crippen LogP contribution in [0.5, 0.6) is 17.2 Å².